The molecule has 0 rings (SSSR count). The van der Waals surface area contributed by atoms with E-state index in [1.54, 1.807) is 0 Å². The zero-order chi connectivity index (χ0) is 7.21. The Morgan fingerprint density at radius 2 is 1.20 bits per heavy atom. The van der Waals surface area contributed by atoms with Crippen LogP contribution >= 0.6 is 0 Å². The predicted molar refractivity (Wildman–Crippen MR) is 18.1 cm³/mol. The third-order valence-electron chi connectivity index (χ3n) is 0. The Balaban J connectivity index is -0.0000000326. The van der Waals surface area contributed by atoms with Crippen LogP contribution < -0.4 is 0 Å². The molecule has 0 saturated carbocycles. The standard InChI is InChI=1S/2Ag.HNO2.H2O4S/c;;2-1-3;1-5(2,3)4/h;;(H,2,3);(H2,1,2,3,4)/q2*+1;;/p-2. The summed E-state index contributed by atoms with van der Waals surface area (Å²) < 4.78 is 34.1. The van der Waals surface area contributed by atoms with Gasteiger partial charge in [0.2, 0.25) is 0 Å². The van der Waals surface area contributed by atoms with Gasteiger partial charge in [-0.05, 0) is 0 Å². The molecule has 1 N–H and O–H groups in total. The van der Waals surface area contributed by atoms with Gasteiger partial charge in [0.1, 0.15) is 0 Å². The molecule has 0 aliphatic rings. The van der Waals surface area contributed by atoms with E-state index in [-0.39, 0.29) is 44.8 Å². The predicted octanol–water partition coefficient (Wildman–Crippen LogP) is -1.20. The summed E-state index contributed by atoms with van der Waals surface area (Å²) in [7, 11) is -5.17. The molecule has 10 heteroatoms. The molecule has 0 aromatic carbocycles. The van der Waals surface area contributed by atoms with Gasteiger partial charge in [0.05, 0.1) is 0 Å². The van der Waals surface area contributed by atoms with Gasteiger partial charge in [-0.3, -0.25) is 8.42 Å². The first kappa shape index (κ1) is 22.4. The first-order valence-electron chi connectivity index (χ1n) is 1.05. The molecule has 0 aliphatic heterocycles. The van der Waals surface area contributed by atoms with E-state index < -0.39 is 10.4 Å². The fourth-order valence-electron chi connectivity index (χ4n) is 0. The second-order valence-corrected chi connectivity index (χ2v) is 1.31. The van der Waals surface area contributed by atoms with E-state index in [9.17, 15) is 0 Å². The molecule has 0 aromatic heterocycles. The quantitative estimate of drug-likeness (QED) is 0.190. The summed E-state index contributed by atoms with van der Waals surface area (Å²) in [5.41, 5.74) is 0. The zero-order valence-corrected chi connectivity index (χ0v) is 7.73. The molecular weight excluding hydrogens is 358 g/mol. The number of hydrogen-bond donors (Lipinski definition) is 1. The minimum absolute atomic E-state index is 0. The van der Waals surface area contributed by atoms with E-state index in [4.69, 9.17) is 27.6 Å². The van der Waals surface area contributed by atoms with Crippen LogP contribution in [0.2, 0.25) is 0 Å². The molecule has 0 spiro atoms. The van der Waals surface area contributed by atoms with Crippen LogP contribution in [0.15, 0.2) is 5.34 Å². The topological polar surface area (TPSA) is 130 Å². The molecule has 7 nitrogen and oxygen atoms in total. The molecule has 0 radical (unpaired) electrons. The van der Waals surface area contributed by atoms with Crippen molar-refractivity contribution in [3.63, 3.8) is 0 Å². The number of nitrogens with zero attached hydrogens (tertiary/aromatic N) is 1. The molecule has 0 aliphatic carbocycles. The van der Waals surface area contributed by atoms with Crippen LogP contribution in [0, 0.1) is 4.91 Å². The molecular formula is HAg2NO6S. The van der Waals surface area contributed by atoms with E-state index in [1.165, 1.54) is 5.34 Å². The summed E-state index contributed by atoms with van der Waals surface area (Å²) in [4.78, 5) is 8.11. The van der Waals surface area contributed by atoms with Gasteiger partial charge >= 0.3 is 44.8 Å². The molecule has 0 aromatic rings. The van der Waals surface area contributed by atoms with E-state index in [0.29, 0.717) is 0 Å². The molecule has 70 valence electrons. The molecule has 0 bridgehead atoms. The minimum atomic E-state index is -5.17. The maximum atomic E-state index is 8.52. The molecule has 0 fully saturated rings. The van der Waals surface area contributed by atoms with Crippen molar-refractivity contribution in [2.24, 2.45) is 5.34 Å². The normalized spacial score (nSPS) is 7.00. The van der Waals surface area contributed by atoms with Gasteiger partial charge in [-0.1, -0.05) is 0 Å². The van der Waals surface area contributed by atoms with Gasteiger partial charge in [0, 0.05) is 10.4 Å². The monoisotopic (exact) mass is 357 g/mol. The van der Waals surface area contributed by atoms with Gasteiger partial charge in [0.15, 0.2) is 5.34 Å². The van der Waals surface area contributed by atoms with Crippen LogP contribution in [0.3, 0.4) is 0 Å². The Morgan fingerprint density at radius 1 is 1.20 bits per heavy atom. The SMILES string of the molecule is O=NO.O=S(=O)([O-])[O-].[Ag+].[Ag+]. The van der Waals surface area contributed by atoms with Crippen molar-refractivity contribution in [2.45, 2.75) is 0 Å². The van der Waals surface area contributed by atoms with E-state index in [2.05, 4.69) is 0 Å². The second-order valence-electron chi connectivity index (χ2n) is 0.490. The van der Waals surface area contributed by atoms with Crippen LogP contribution in [0.25, 0.3) is 0 Å². The fourth-order valence-corrected chi connectivity index (χ4v) is 0. The van der Waals surface area contributed by atoms with Crippen LogP contribution in [0.5, 0.6) is 0 Å². The van der Waals surface area contributed by atoms with Crippen LogP contribution in [0.4, 0.5) is 0 Å². The molecule has 10 heavy (non-hydrogen) atoms. The largest absolute Gasteiger partial charge is 1.00 e. The Morgan fingerprint density at radius 3 is 1.20 bits per heavy atom. The molecule has 0 heterocycles. The first-order valence-corrected chi connectivity index (χ1v) is 2.38. The van der Waals surface area contributed by atoms with E-state index in [0.717, 1.165) is 0 Å². The van der Waals surface area contributed by atoms with Crippen LogP contribution in [-0.4, -0.2) is 22.7 Å². The summed E-state index contributed by atoms with van der Waals surface area (Å²) in [6.45, 7) is 0. The average molecular weight is 359 g/mol. The van der Waals surface area contributed by atoms with Gasteiger partial charge < -0.3 is 14.3 Å². The van der Waals surface area contributed by atoms with Crippen molar-refractivity contribution in [3.8, 4) is 0 Å². The third kappa shape index (κ3) is 933. The fraction of sp³-hybridized carbons (Fsp3) is 0. The van der Waals surface area contributed by atoms with Crippen molar-refractivity contribution in [3.05, 3.63) is 4.91 Å². The summed E-state index contributed by atoms with van der Waals surface area (Å²) in [6, 6.07) is 0. The van der Waals surface area contributed by atoms with Gasteiger partial charge in [-0.25, -0.2) is 0 Å². The Kier molecular flexibility index (Phi) is 27.9. The maximum absolute atomic E-state index is 8.52. The minimum Gasteiger partial charge on any atom is -0.759 e. The third-order valence-corrected chi connectivity index (χ3v) is 0. The van der Waals surface area contributed by atoms with Crippen molar-refractivity contribution >= 4 is 10.4 Å². The molecule has 0 amide bonds. The smallest absolute Gasteiger partial charge is 0.759 e. The maximum Gasteiger partial charge on any atom is 1.00 e. The van der Waals surface area contributed by atoms with E-state index >= 15 is 0 Å². The van der Waals surface area contributed by atoms with Crippen LogP contribution in [-0.2, 0) is 55.2 Å². The zero-order valence-electron chi connectivity index (χ0n) is 3.95. The summed E-state index contributed by atoms with van der Waals surface area (Å²) >= 11 is 0. The second kappa shape index (κ2) is 12.4. The van der Waals surface area contributed by atoms with Crippen molar-refractivity contribution < 1.29 is 67.5 Å². The average Bonchev–Trinajstić information content (AvgIpc) is 1.27. The van der Waals surface area contributed by atoms with E-state index in [1.807, 2.05) is 0 Å². The van der Waals surface area contributed by atoms with Crippen LogP contribution in [0.1, 0.15) is 0 Å². The molecule has 0 saturated heterocycles. The first-order chi connectivity index (χ1) is 3.41. The Bertz CT molecular complexity index is 130. The number of hydrogen-bond acceptors (Lipinski definition) is 6. The Hall–Kier alpha value is 0.751. The molecule has 0 unspecified atom stereocenters. The van der Waals surface area contributed by atoms with Crippen molar-refractivity contribution in [2.75, 3.05) is 0 Å². The Labute approximate surface area is 87.7 Å². The van der Waals surface area contributed by atoms with Gasteiger partial charge in [-0.2, -0.15) is 0 Å². The molecule has 0 atom stereocenters. The van der Waals surface area contributed by atoms with Gasteiger partial charge in [0.25, 0.3) is 0 Å². The summed E-state index contributed by atoms with van der Waals surface area (Å²) in [6.07, 6.45) is 0. The van der Waals surface area contributed by atoms with Crippen molar-refractivity contribution in [1.29, 1.82) is 0 Å². The summed E-state index contributed by atoms with van der Waals surface area (Å²) in [5.74, 6) is 0. The number of rotatable bonds is 0. The van der Waals surface area contributed by atoms with Crippen molar-refractivity contribution in [1.82, 2.24) is 0 Å². The van der Waals surface area contributed by atoms with Gasteiger partial charge in [-0.15, -0.1) is 4.91 Å². The summed E-state index contributed by atoms with van der Waals surface area (Å²) in [5, 5.41) is 7.89.